The average Bonchev–Trinajstić information content (AvgIpc) is 3.31. The molecule has 0 unspecified atom stereocenters. The Balaban J connectivity index is 1.23. The number of piperidine rings is 1. The summed E-state index contributed by atoms with van der Waals surface area (Å²) in [5, 5.41) is 0. The van der Waals surface area contributed by atoms with Crippen molar-refractivity contribution in [2.75, 3.05) is 26.4 Å². The minimum Gasteiger partial charge on any atom is -0.484 e. The van der Waals surface area contributed by atoms with Gasteiger partial charge in [0, 0.05) is 32.8 Å². The number of rotatable bonds is 5. The lowest BCUT2D eigenvalue weighted by Crippen LogP contribution is -2.53. The molecule has 3 aliphatic rings. The van der Waals surface area contributed by atoms with Crippen LogP contribution < -0.4 is 4.74 Å². The Kier molecular flexibility index (Phi) is 6.63. The van der Waals surface area contributed by atoms with E-state index in [0.29, 0.717) is 31.3 Å². The quantitative estimate of drug-likeness (QED) is 0.697. The fraction of sp³-hybridized carbons (Fsp3) is 0.481. The van der Waals surface area contributed by atoms with Gasteiger partial charge in [0.05, 0.1) is 0 Å². The summed E-state index contributed by atoms with van der Waals surface area (Å²) in [6.07, 6.45) is 4.73. The normalized spacial score (nSPS) is 21.0. The van der Waals surface area contributed by atoms with Crippen LogP contribution in [0.2, 0.25) is 0 Å². The van der Waals surface area contributed by atoms with E-state index in [1.807, 2.05) is 35.2 Å². The highest BCUT2D eigenvalue weighted by Crippen LogP contribution is 2.32. The van der Waals surface area contributed by atoms with Crippen LogP contribution in [0.25, 0.3) is 0 Å². The molecule has 2 aromatic carbocycles. The third-order valence-corrected chi connectivity index (χ3v) is 7.17. The molecule has 2 aromatic rings. The molecule has 33 heavy (non-hydrogen) atoms. The monoisotopic (exact) mass is 448 g/mol. The molecule has 2 saturated heterocycles. The number of ether oxygens (including phenoxy) is 2. The Morgan fingerprint density at radius 3 is 2.55 bits per heavy atom. The molecule has 5 rings (SSSR count). The zero-order chi connectivity index (χ0) is 22.6. The van der Waals surface area contributed by atoms with Crippen LogP contribution >= 0.6 is 0 Å². The van der Waals surface area contributed by atoms with Crippen LogP contribution in [-0.2, 0) is 27.4 Å². The molecule has 0 aliphatic carbocycles. The summed E-state index contributed by atoms with van der Waals surface area (Å²) in [6.45, 7) is 3.48. The van der Waals surface area contributed by atoms with Crippen molar-refractivity contribution in [3.63, 3.8) is 0 Å². The van der Waals surface area contributed by atoms with E-state index < -0.39 is 6.04 Å². The molecular formula is C27H32N2O4. The summed E-state index contributed by atoms with van der Waals surface area (Å²) >= 11 is 0. The SMILES string of the molecule is O=C([C@H]1CCCCN1C(=O)COc1ccccc1)N1Cc2ccc(C3CCOCC3)cc2C1. The summed E-state index contributed by atoms with van der Waals surface area (Å²) in [4.78, 5) is 30.1. The maximum Gasteiger partial charge on any atom is 0.261 e. The van der Waals surface area contributed by atoms with Crippen molar-refractivity contribution in [1.82, 2.24) is 9.80 Å². The van der Waals surface area contributed by atoms with Crippen molar-refractivity contribution in [1.29, 1.82) is 0 Å². The molecule has 0 radical (unpaired) electrons. The molecule has 0 saturated carbocycles. The van der Waals surface area contributed by atoms with Gasteiger partial charge in [-0.25, -0.2) is 0 Å². The predicted molar refractivity (Wildman–Crippen MR) is 125 cm³/mol. The Hall–Kier alpha value is -2.86. The lowest BCUT2D eigenvalue weighted by molar-refractivity contribution is -0.149. The molecule has 3 aliphatic heterocycles. The Labute approximate surface area is 195 Å². The largest absolute Gasteiger partial charge is 0.484 e. The fourth-order valence-electron chi connectivity index (χ4n) is 5.30. The van der Waals surface area contributed by atoms with Crippen molar-refractivity contribution in [3.8, 4) is 5.75 Å². The van der Waals surface area contributed by atoms with Gasteiger partial charge in [0.25, 0.3) is 5.91 Å². The number of hydrogen-bond acceptors (Lipinski definition) is 4. The minimum atomic E-state index is -0.394. The van der Waals surface area contributed by atoms with Crippen LogP contribution in [0.15, 0.2) is 48.5 Å². The van der Waals surface area contributed by atoms with Crippen molar-refractivity contribution >= 4 is 11.8 Å². The van der Waals surface area contributed by atoms with Crippen molar-refractivity contribution < 1.29 is 19.1 Å². The van der Waals surface area contributed by atoms with Crippen LogP contribution in [0.5, 0.6) is 5.75 Å². The average molecular weight is 449 g/mol. The number of amides is 2. The van der Waals surface area contributed by atoms with Gasteiger partial charge in [-0.15, -0.1) is 0 Å². The molecule has 6 nitrogen and oxygen atoms in total. The molecule has 2 amide bonds. The number of likely N-dealkylation sites (tertiary alicyclic amines) is 1. The second kappa shape index (κ2) is 9.96. The highest BCUT2D eigenvalue weighted by molar-refractivity contribution is 5.88. The molecule has 0 bridgehead atoms. The van der Waals surface area contributed by atoms with E-state index in [1.165, 1.54) is 16.7 Å². The number of carbonyl (C=O) groups is 2. The standard InChI is InChI=1S/C27H32N2O4/c30-26(19-33-24-6-2-1-3-7-24)29-13-5-4-8-25(29)27(31)28-17-22-10-9-21(16-23(22)18-28)20-11-14-32-15-12-20/h1-3,6-7,9-10,16,20,25H,4-5,8,11-15,17-19H2/t25-/m1/s1. The van der Waals surface area contributed by atoms with Gasteiger partial charge in [0.1, 0.15) is 11.8 Å². The predicted octanol–water partition coefficient (Wildman–Crippen LogP) is 3.88. The topological polar surface area (TPSA) is 59.1 Å². The Morgan fingerprint density at radius 1 is 0.939 bits per heavy atom. The van der Waals surface area contributed by atoms with Gasteiger partial charge in [-0.1, -0.05) is 36.4 Å². The summed E-state index contributed by atoms with van der Waals surface area (Å²) < 4.78 is 11.2. The first-order valence-corrected chi connectivity index (χ1v) is 12.1. The zero-order valence-electron chi connectivity index (χ0n) is 19.1. The molecule has 0 aromatic heterocycles. The first-order valence-electron chi connectivity index (χ1n) is 12.1. The van der Waals surface area contributed by atoms with Crippen LogP contribution in [-0.4, -0.2) is 54.0 Å². The molecule has 6 heteroatoms. The first kappa shape index (κ1) is 22.0. The third-order valence-electron chi connectivity index (χ3n) is 7.17. The van der Waals surface area contributed by atoms with Gasteiger partial charge in [-0.2, -0.15) is 0 Å². The molecule has 0 spiro atoms. The number of nitrogens with zero attached hydrogens (tertiary/aromatic N) is 2. The number of carbonyl (C=O) groups excluding carboxylic acids is 2. The molecule has 2 fully saturated rings. The Bertz CT molecular complexity index is 987. The van der Waals surface area contributed by atoms with Gasteiger partial charge in [-0.05, 0) is 66.8 Å². The maximum atomic E-state index is 13.5. The number of benzene rings is 2. The number of fused-ring (bicyclic) bond motifs is 1. The van der Waals surface area contributed by atoms with Crippen molar-refractivity contribution in [3.05, 3.63) is 65.2 Å². The lowest BCUT2D eigenvalue weighted by atomic mass is 9.90. The maximum absolute atomic E-state index is 13.5. The number of hydrogen-bond donors (Lipinski definition) is 0. The Morgan fingerprint density at radius 2 is 1.73 bits per heavy atom. The summed E-state index contributed by atoms with van der Waals surface area (Å²) in [6, 6.07) is 15.6. The second-order valence-corrected chi connectivity index (χ2v) is 9.31. The molecule has 3 heterocycles. The van der Waals surface area contributed by atoms with Crippen LogP contribution in [0.3, 0.4) is 0 Å². The zero-order valence-corrected chi connectivity index (χ0v) is 19.1. The van der Waals surface area contributed by atoms with Crippen LogP contribution in [0.1, 0.15) is 54.7 Å². The summed E-state index contributed by atoms with van der Waals surface area (Å²) in [7, 11) is 0. The minimum absolute atomic E-state index is 0.0392. The number of para-hydroxylation sites is 1. The van der Waals surface area contributed by atoms with E-state index in [-0.39, 0.29) is 18.4 Å². The highest BCUT2D eigenvalue weighted by atomic mass is 16.5. The smallest absolute Gasteiger partial charge is 0.261 e. The van der Waals surface area contributed by atoms with E-state index in [9.17, 15) is 9.59 Å². The van der Waals surface area contributed by atoms with Gasteiger partial charge in [0.15, 0.2) is 6.61 Å². The molecule has 0 N–H and O–H groups in total. The summed E-state index contributed by atoms with van der Waals surface area (Å²) in [5.74, 6) is 1.16. The van der Waals surface area contributed by atoms with Gasteiger partial charge in [-0.3, -0.25) is 9.59 Å². The third kappa shape index (κ3) is 4.91. The highest BCUT2D eigenvalue weighted by Gasteiger charge is 2.37. The van der Waals surface area contributed by atoms with Crippen molar-refractivity contribution in [2.45, 2.75) is 57.2 Å². The lowest BCUT2D eigenvalue weighted by Gasteiger charge is -2.36. The summed E-state index contributed by atoms with van der Waals surface area (Å²) in [5.41, 5.74) is 3.83. The van der Waals surface area contributed by atoms with Gasteiger partial charge >= 0.3 is 0 Å². The van der Waals surface area contributed by atoms with Crippen LogP contribution in [0.4, 0.5) is 0 Å². The van der Waals surface area contributed by atoms with E-state index in [0.717, 1.165) is 45.3 Å². The van der Waals surface area contributed by atoms with E-state index in [4.69, 9.17) is 9.47 Å². The van der Waals surface area contributed by atoms with Crippen LogP contribution in [0, 0.1) is 0 Å². The van der Waals surface area contributed by atoms with E-state index in [1.54, 1.807) is 4.90 Å². The second-order valence-electron chi connectivity index (χ2n) is 9.31. The first-order chi connectivity index (χ1) is 16.2. The van der Waals surface area contributed by atoms with Crippen molar-refractivity contribution in [2.24, 2.45) is 0 Å². The molecular weight excluding hydrogens is 416 g/mol. The molecule has 1 atom stereocenters. The molecule has 174 valence electrons. The van der Waals surface area contributed by atoms with Gasteiger partial charge < -0.3 is 19.3 Å². The fourth-order valence-corrected chi connectivity index (χ4v) is 5.30. The van der Waals surface area contributed by atoms with E-state index in [2.05, 4.69) is 18.2 Å². The van der Waals surface area contributed by atoms with Gasteiger partial charge in [0.2, 0.25) is 5.91 Å². The van der Waals surface area contributed by atoms with E-state index >= 15 is 0 Å².